The van der Waals surface area contributed by atoms with E-state index < -0.39 is 0 Å². The van der Waals surface area contributed by atoms with Gasteiger partial charge in [0.25, 0.3) is 0 Å². The molecule has 2 N–H and O–H groups in total. The molecule has 23 heavy (non-hydrogen) atoms. The first kappa shape index (κ1) is 15.3. The molecule has 1 atom stereocenters. The number of urea groups is 1. The van der Waals surface area contributed by atoms with Gasteiger partial charge < -0.3 is 10.2 Å². The van der Waals surface area contributed by atoms with Gasteiger partial charge in [-0.15, -0.1) is 0 Å². The second-order valence-electron chi connectivity index (χ2n) is 5.20. The number of carbonyl (C=O) groups is 2. The van der Waals surface area contributed by atoms with Gasteiger partial charge >= 0.3 is 6.03 Å². The summed E-state index contributed by atoms with van der Waals surface area (Å²) in [6, 6.07) is 11.7. The van der Waals surface area contributed by atoms with Crippen LogP contribution in [0, 0.1) is 0 Å². The van der Waals surface area contributed by atoms with Crippen molar-refractivity contribution in [3.8, 4) is 0 Å². The Morgan fingerprint density at radius 1 is 1.22 bits per heavy atom. The fourth-order valence-corrected chi connectivity index (χ4v) is 2.58. The van der Waals surface area contributed by atoms with E-state index in [0.717, 1.165) is 5.69 Å². The van der Waals surface area contributed by atoms with E-state index >= 15 is 0 Å². The van der Waals surface area contributed by atoms with Crippen molar-refractivity contribution in [1.29, 1.82) is 0 Å². The van der Waals surface area contributed by atoms with E-state index in [4.69, 9.17) is 11.6 Å². The van der Waals surface area contributed by atoms with Crippen LogP contribution < -0.4 is 15.5 Å². The topological polar surface area (TPSA) is 74.3 Å². The molecule has 0 unspecified atom stereocenters. The zero-order valence-electron chi connectivity index (χ0n) is 12.2. The number of nitrogens with one attached hydrogen (secondary N) is 2. The van der Waals surface area contributed by atoms with Crippen LogP contribution in [-0.2, 0) is 4.79 Å². The maximum absolute atomic E-state index is 12.1. The molecule has 1 saturated heterocycles. The number of nitrogens with zero attached hydrogens (tertiary/aromatic N) is 2. The summed E-state index contributed by atoms with van der Waals surface area (Å²) in [5.41, 5.74) is 0.772. The molecule has 1 aliphatic rings. The number of aromatic nitrogens is 1. The van der Waals surface area contributed by atoms with Gasteiger partial charge in [0.1, 0.15) is 5.82 Å². The van der Waals surface area contributed by atoms with Crippen LogP contribution in [0.15, 0.2) is 48.7 Å². The number of hydrogen-bond acceptors (Lipinski definition) is 3. The molecule has 118 valence electrons. The lowest BCUT2D eigenvalue weighted by atomic mass is 10.2. The highest BCUT2D eigenvalue weighted by Gasteiger charge is 2.31. The molecule has 3 amide bonds. The largest absolute Gasteiger partial charge is 0.333 e. The van der Waals surface area contributed by atoms with Crippen LogP contribution in [0.2, 0.25) is 5.02 Å². The Kier molecular flexibility index (Phi) is 4.43. The molecule has 1 aliphatic heterocycles. The van der Waals surface area contributed by atoms with Crippen LogP contribution in [0.1, 0.15) is 6.42 Å². The standard InChI is InChI=1S/C16H15ClN4O2/c17-11-4-6-13(7-5-11)21-10-12(9-15(21)22)19-16(23)20-14-3-1-2-8-18-14/h1-8,12H,9-10H2,(H2,18,19,20,23)/t12-/m1/s1. The van der Waals surface area contributed by atoms with Crippen molar-refractivity contribution in [1.82, 2.24) is 10.3 Å². The number of pyridine rings is 1. The molecule has 0 radical (unpaired) electrons. The van der Waals surface area contributed by atoms with Gasteiger partial charge in [-0.05, 0) is 36.4 Å². The van der Waals surface area contributed by atoms with E-state index in [1.165, 1.54) is 0 Å². The van der Waals surface area contributed by atoms with E-state index in [2.05, 4.69) is 15.6 Å². The monoisotopic (exact) mass is 330 g/mol. The third-order valence-electron chi connectivity index (χ3n) is 3.51. The highest BCUT2D eigenvalue weighted by molar-refractivity contribution is 6.30. The summed E-state index contributed by atoms with van der Waals surface area (Å²) < 4.78 is 0. The SMILES string of the molecule is O=C(Nc1ccccn1)N[C@@H]1CC(=O)N(c2ccc(Cl)cc2)C1. The third-order valence-corrected chi connectivity index (χ3v) is 3.76. The van der Waals surface area contributed by atoms with Crippen molar-refractivity contribution >= 4 is 35.0 Å². The van der Waals surface area contributed by atoms with Gasteiger partial charge in [0.15, 0.2) is 0 Å². The number of rotatable bonds is 3. The number of anilines is 2. The van der Waals surface area contributed by atoms with Crippen molar-refractivity contribution in [2.75, 3.05) is 16.8 Å². The molecule has 1 aromatic heterocycles. The van der Waals surface area contributed by atoms with Crippen molar-refractivity contribution in [2.24, 2.45) is 0 Å². The Balaban J connectivity index is 1.59. The summed E-state index contributed by atoms with van der Waals surface area (Å²) in [6.07, 6.45) is 1.86. The van der Waals surface area contributed by atoms with E-state index in [0.29, 0.717) is 17.4 Å². The fourth-order valence-electron chi connectivity index (χ4n) is 2.45. The molecule has 0 saturated carbocycles. The minimum atomic E-state index is -0.376. The maximum atomic E-state index is 12.1. The zero-order valence-corrected chi connectivity index (χ0v) is 13.0. The normalized spacial score (nSPS) is 17.2. The van der Waals surface area contributed by atoms with E-state index in [1.54, 1.807) is 53.6 Å². The number of halogens is 1. The maximum Gasteiger partial charge on any atom is 0.320 e. The van der Waals surface area contributed by atoms with Gasteiger partial charge in [-0.25, -0.2) is 9.78 Å². The first-order chi connectivity index (χ1) is 11.1. The lowest BCUT2D eigenvalue weighted by Crippen LogP contribution is -2.39. The molecule has 0 aliphatic carbocycles. The summed E-state index contributed by atoms with van der Waals surface area (Å²) in [7, 11) is 0. The lowest BCUT2D eigenvalue weighted by Gasteiger charge is -2.17. The number of amides is 3. The minimum absolute atomic E-state index is 0.0320. The minimum Gasteiger partial charge on any atom is -0.333 e. The lowest BCUT2D eigenvalue weighted by molar-refractivity contribution is -0.117. The molecule has 0 spiro atoms. The predicted octanol–water partition coefficient (Wildman–Crippen LogP) is 2.66. The quantitative estimate of drug-likeness (QED) is 0.908. The van der Waals surface area contributed by atoms with Crippen LogP contribution in [-0.4, -0.2) is 29.5 Å². The van der Waals surface area contributed by atoms with E-state index in [-0.39, 0.29) is 24.4 Å². The van der Waals surface area contributed by atoms with Gasteiger partial charge in [-0.3, -0.25) is 10.1 Å². The molecule has 2 aromatic rings. The Bertz CT molecular complexity index is 706. The van der Waals surface area contributed by atoms with E-state index in [1.807, 2.05) is 0 Å². The molecular formula is C16H15ClN4O2. The summed E-state index contributed by atoms with van der Waals surface area (Å²) >= 11 is 5.85. The zero-order chi connectivity index (χ0) is 16.2. The second kappa shape index (κ2) is 6.66. The first-order valence-corrected chi connectivity index (χ1v) is 7.54. The molecule has 7 heteroatoms. The van der Waals surface area contributed by atoms with Crippen molar-refractivity contribution in [3.63, 3.8) is 0 Å². The van der Waals surface area contributed by atoms with Crippen molar-refractivity contribution in [3.05, 3.63) is 53.7 Å². The van der Waals surface area contributed by atoms with Crippen LogP contribution in [0.4, 0.5) is 16.3 Å². The van der Waals surface area contributed by atoms with Gasteiger partial charge in [0, 0.05) is 29.9 Å². The Labute approximate surface area is 138 Å². The van der Waals surface area contributed by atoms with Crippen molar-refractivity contribution in [2.45, 2.75) is 12.5 Å². The highest BCUT2D eigenvalue weighted by Crippen LogP contribution is 2.23. The third kappa shape index (κ3) is 3.78. The van der Waals surface area contributed by atoms with Crippen LogP contribution >= 0.6 is 11.6 Å². The summed E-state index contributed by atoms with van der Waals surface area (Å²) in [6.45, 7) is 0.427. The van der Waals surface area contributed by atoms with Crippen LogP contribution in [0.5, 0.6) is 0 Å². The average Bonchev–Trinajstić information content (AvgIpc) is 2.89. The fraction of sp³-hybridized carbons (Fsp3) is 0.188. The summed E-state index contributed by atoms with van der Waals surface area (Å²) in [5, 5.41) is 6.04. The summed E-state index contributed by atoms with van der Waals surface area (Å²) in [4.78, 5) is 29.7. The van der Waals surface area contributed by atoms with Crippen LogP contribution in [0.25, 0.3) is 0 Å². The van der Waals surface area contributed by atoms with Gasteiger partial charge in [0.05, 0.1) is 6.04 Å². The van der Waals surface area contributed by atoms with Gasteiger partial charge in [0.2, 0.25) is 5.91 Å². The van der Waals surface area contributed by atoms with E-state index in [9.17, 15) is 9.59 Å². The predicted molar refractivity (Wildman–Crippen MR) is 88.6 cm³/mol. The summed E-state index contributed by atoms with van der Waals surface area (Å²) in [5.74, 6) is 0.430. The number of carbonyl (C=O) groups excluding carboxylic acids is 2. The average molecular weight is 331 g/mol. The first-order valence-electron chi connectivity index (χ1n) is 7.16. The van der Waals surface area contributed by atoms with Gasteiger partial charge in [-0.2, -0.15) is 0 Å². The molecule has 1 aromatic carbocycles. The highest BCUT2D eigenvalue weighted by atomic mass is 35.5. The Morgan fingerprint density at radius 3 is 2.70 bits per heavy atom. The molecule has 0 bridgehead atoms. The smallest absolute Gasteiger partial charge is 0.320 e. The van der Waals surface area contributed by atoms with Gasteiger partial charge in [-0.1, -0.05) is 17.7 Å². The Hall–Kier alpha value is -2.60. The molecule has 1 fully saturated rings. The molecule has 3 rings (SSSR count). The number of benzene rings is 1. The second-order valence-corrected chi connectivity index (χ2v) is 5.63. The molecular weight excluding hydrogens is 316 g/mol. The van der Waals surface area contributed by atoms with Crippen LogP contribution in [0.3, 0.4) is 0 Å². The van der Waals surface area contributed by atoms with Crippen molar-refractivity contribution < 1.29 is 9.59 Å². The Morgan fingerprint density at radius 2 is 2.00 bits per heavy atom. The molecule has 6 nitrogen and oxygen atoms in total. The molecule has 2 heterocycles. The number of hydrogen-bond donors (Lipinski definition) is 2.